The Balaban J connectivity index is 1.42. The Bertz CT molecular complexity index is 1330. The molecule has 162 valence electrons. The van der Waals surface area contributed by atoms with E-state index in [9.17, 15) is 14.4 Å². The minimum atomic E-state index is -0.700. The lowest BCUT2D eigenvalue weighted by atomic mass is 10.1. The molecule has 8 nitrogen and oxygen atoms in total. The number of benzene rings is 3. The van der Waals surface area contributed by atoms with Crippen LogP contribution in [-0.4, -0.2) is 29.1 Å². The Labute approximate surface area is 183 Å². The average molecular weight is 430 g/mol. The number of nitrogens with one attached hydrogen (secondary N) is 2. The van der Waals surface area contributed by atoms with Crippen LogP contribution in [0.15, 0.2) is 66.7 Å². The molecule has 0 saturated heterocycles. The number of amides is 3. The summed E-state index contributed by atoms with van der Waals surface area (Å²) in [6, 6.07) is 19.1. The topological polar surface area (TPSA) is 115 Å². The second kappa shape index (κ2) is 8.81. The lowest BCUT2D eigenvalue weighted by Gasteiger charge is -2.08. The van der Waals surface area contributed by atoms with E-state index in [1.54, 1.807) is 0 Å². The highest BCUT2D eigenvalue weighted by atomic mass is 16.5. The van der Waals surface area contributed by atoms with Gasteiger partial charge in [-0.25, -0.2) is 9.59 Å². The van der Waals surface area contributed by atoms with Crippen LogP contribution < -0.4 is 16.4 Å². The van der Waals surface area contributed by atoms with Crippen molar-refractivity contribution in [3.63, 3.8) is 0 Å². The normalized spacial score (nSPS) is 10.8. The Hall–Kier alpha value is -4.33. The molecular weight excluding hydrogens is 408 g/mol. The van der Waals surface area contributed by atoms with Gasteiger partial charge < -0.3 is 25.7 Å². The highest BCUT2D eigenvalue weighted by Crippen LogP contribution is 2.30. The number of nitrogens with two attached hydrogens (primary N) is 1. The lowest BCUT2D eigenvalue weighted by Crippen LogP contribution is -2.21. The zero-order valence-corrected chi connectivity index (χ0v) is 17.4. The molecule has 4 N–H and O–H groups in total. The highest BCUT2D eigenvalue weighted by Gasteiger charge is 2.13. The van der Waals surface area contributed by atoms with Crippen LogP contribution >= 0.6 is 0 Å². The van der Waals surface area contributed by atoms with E-state index in [-0.39, 0.29) is 5.56 Å². The predicted molar refractivity (Wildman–Crippen MR) is 124 cm³/mol. The maximum Gasteiger partial charge on any atom is 0.338 e. The van der Waals surface area contributed by atoms with Crippen molar-refractivity contribution in [1.82, 2.24) is 4.57 Å². The van der Waals surface area contributed by atoms with Gasteiger partial charge in [0.25, 0.3) is 5.91 Å². The number of carbonyl (C=O) groups excluding carboxylic acids is 3. The molecule has 4 aromatic rings. The monoisotopic (exact) mass is 430 g/mol. The Morgan fingerprint density at radius 3 is 2.28 bits per heavy atom. The number of esters is 1. The molecule has 4 rings (SSSR count). The molecule has 3 aromatic carbocycles. The van der Waals surface area contributed by atoms with Crippen LogP contribution in [0.2, 0.25) is 0 Å². The summed E-state index contributed by atoms with van der Waals surface area (Å²) in [5.74, 6) is -1.09. The van der Waals surface area contributed by atoms with Crippen molar-refractivity contribution in [3.05, 3.63) is 72.3 Å². The number of ether oxygens (including phenoxy) is 1. The summed E-state index contributed by atoms with van der Waals surface area (Å²) in [7, 11) is 0. The number of primary amides is 1. The minimum absolute atomic E-state index is 0.251. The van der Waals surface area contributed by atoms with Gasteiger partial charge in [-0.15, -0.1) is 0 Å². The smallest absolute Gasteiger partial charge is 0.338 e. The molecule has 1 heterocycles. The van der Waals surface area contributed by atoms with Gasteiger partial charge >= 0.3 is 12.0 Å². The van der Waals surface area contributed by atoms with Crippen LogP contribution in [0.3, 0.4) is 0 Å². The van der Waals surface area contributed by atoms with Crippen molar-refractivity contribution >= 4 is 51.1 Å². The van der Waals surface area contributed by atoms with Gasteiger partial charge in [0.1, 0.15) is 0 Å². The Kier molecular flexibility index (Phi) is 5.76. The first-order valence-electron chi connectivity index (χ1n) is 10.1. The fourth-order valence-corrected chi connectivity index (χ4v) is 3.72. The third-order valence-electron chi connectivity index (χ3n) is 5.09. The zero-order valence-electron chi connectivity index (χ0n) is 17.4. The van der Waals surface area contributed by atoms with E-state index in [2.05, 4.69) is 34.3 Å². The van der Waals surface area contributed by atoms with Crippen molar-refractivity contribution in [2.75, 3.05) is 17.2 Å². The van der Waals surface area contributed by atoms with Gasteiger partial charge in [0, 0.05) is 39.7 Å². The largest absolute Gasteiger partial charge is 0.452 e. The number of hydrogen-bond donors (Lipinski definition) is 3. The average Bonchev–Trinajstić information content (AvgIpc) is 3.10. The highest BCUT2D eigenvalue weighted by molar-refractivity contribution is 6.10. The molecule has 0 aliphatic heterocycles. The minimum Gasteiger partial charge on any atom is -0.452 e. The van der Waals surface area contributed by atoms with Crippen LogP contribution in [0.4, 0.5) is 16.2 Å². The molecule has 0 saturated carbocycles. The predicted octanol–water partition coefficient (Wildman–Crippen LogP) is 4.10. The van der Waals surface area contributed by atoms with Gasteiger partial charge in [-0.1, -0.05) is 18.2 Å². The standard InChI is InChI=1S/C24H22N4O4/c1-2-28-20-6-4-3-5-18(20)19-13-17(11-12-21(19)28)26-22(29)14-32-23(30)15-7-9-16(10-8-15)27-24(25)31/h3-13H,2,14H2,1H3,(H,26,29)(H3,25,27,31). The summed E-state index contributed by atoms with van der Waals surface area (Å²) in [5.41, 5.74) is 8.60. The van der Waals surface area contributed by atoms with E-state index in [1.807, 2.05) is 30.3 Å². The van der Waals surface area contributed by atoms with E-state index in [0.29, 0.717) is 11.4 Å². The molecule has 0 spiro atoms. The number of para-hydroxylation sites is 1. The van der Waals surface area contributed by atoms with Crippen LogP contribution in [-0.2, 0) is 16.1 Å². The number of aromatic nitrogens is 1. The molecule has 0 aliphatic carbocycles. The maximum absolute atomic E-state index is 12.3. The van der Waals surface area contributed by atoms with Gasteiger partial charge in [0.15, 0.2) is 6.61 Å². The summed E-state index contributed by atoms with van der Waals surface area (Å²) >= 11 is 0. The molecule has 32 heavy (non-hydrogen) atoms. The molecule has 0 fully saturated rings. The van der Waals surface area contributed by atoms with Crippen LogP contribution in [0, 0.1) is 0 Å². The first kappa shape index (κ1) is 20.9. The van der Waals surface area contributed by atoms with Crippen LogP contribution in [0.25, 0.3) is 21.8 Å². The van der Waals surface area contributed by atoms with Gasteiger partial charge in [0.2, 0.25) is 0 Å². The molecule has 3 amide bonds. The first-order chi connectivity index (χ1) is 15.5. The van der Waals surface area contributed by atoms with E-state index in [0.717, 1.165) is 28.4 Å². The molecule has 0 aliphatic rings. The SMILES string of the molecule is CCn1c2ccccc2c2cc(NC(=O)COC(=O)c3ccc(NC(N)=O)cc3)ccc21. The molecular formula is C24H22N4O4. The number of rotatable bonds is 6. The number of aryl methyl sites for hydroxylation is 1. The van der Waals surface area contributed by atoms with Crippen molar-refractivity contribution in [2.45, 2.75) is 13.5 Å². The van der Waals surface area contributed by atoms with Crippen LogP contribution in [0.5, 0.6) is 0 Å². The summed E-state index contributed by atoms with van der Waals surface area (Å²) in [4.78, 5) is 35.3. The number of anilines is 2. The summed E-state index contributed by atoms with van der Waals surface area (Å²) in [5, 5.41) is 7.33. The first-order valence-corrected chi connectivity index (χ1v) is 10.1. The zero-order chi connectivity index (χ0) is 22.7. The third-order valence-corrected chi connectivity index (χ3v) is 5.09. The van der Waals surface area contributed by atoms with E-state index in [4.69, 9.17) is 10.5 Å². The molecule has 1 aromatic heterocycles. The maximum atomic E-state index is 12.3. The number of hydrogen-bond acceptors (Lipinski definition) is 4. The second-order valence-corrected chi connectivity index (χ2v) is 7.18. The molecule has 0 radical (unpaired) electrons. The molecule has 8 heteroatoms. The number of fused-ring (bicyclic) bond motifs is 3. The fourth-order valence-electron chi connectivity index (χ4n) is 3.72. The van der Waals surface area contributed by atoms with Gasteiger partial charge in [-0.2, -0.15) is 0 Å². The van der Waals surface area contributed by atoms with Crippen molar-refractivity contribution in [3.8, 4) is 0 Å². The molecule has 0 bridgehead atoms. The van der Waals surface area contributed by atoms with Gasteiger partial charge in [-0.3, -0.25) is 4.79 Å². The molecule has 0 atom stereocenters. The van der Waals surface area contributed by atoms with Crippen molar-refractivity contribution in [2.24, 2.45) is 5.73 Å². The lowest BCUT2D eigenvalue weighted by molar-refractivity contribution is -0.119. The van der Waals surface area contributed by atoms with Crippen LogP contribution in [0.1, 0.15) is 17.3 Å². The summed E-state index contributed by atoms with van der Waals surface area (Å²) in [6.45, 7) is 2.51. The Morgan fingerprint density at radius 1 is 0.875 bits per heavy atom. The van der Waals surface area contributed by atoms with Gasteiger partial charge in [0.05, 0.1) is 5.56 Å². The fraction of sp³-hybridized carbons (Fsp3) is 0.125. The number of carbonyl (C=O) groups is 3. The summed E-state index contributed by atoms with van der Waals surface area (Å²) in [6.07, 6.45) is 0. The summed E-state index contributed by atoms with van der Waals surface area (Å²) < 4.78 is 7.32. The van der Waals surface area contributed by atoms with E-state index in [1.165, 1.54) is 24.3 Å². The third kappa shape index (κ3) is 4.24. The van der Waals surface area contributed by atoms with Crippen molar-refractivity contribution in [1.29, 1.82) is 0 Å². The number of nitrogens with zero attached hydrogens (tertiary/aromatic N) is 1. The molecule has 0 unspecified atom stereocenters. The Morgan fingerprint density at radius 2 is 1.56 bits per heavy atom. The van der Waals surface area contributed by atoms with Crippen molar-refractivity contribution < 1.29 is 19.1 Å². The number of urea groups is 1. The quantitative estimate of drug-likeness (QED) is 0.399. The van der Waals surface area contributed by atoms with E-state index >= 15 is 0 Å². The second-order valence-electron chi connectivity index (χ2n) is 7.18. The van der Waals surface area contributed by atoms with Gasteiger partial charge in [-0.05, 0) is 55.5 Å². The van der Waals surface area contributed by atoms with E-state index < -0.39 is 24.5 Å².